The largest absolute Gasteiger partial charge is 0.471 e. The Morgan fingerprint density at radius 1 is 1.50 bits per heavy atom. The number of nitrogens with zero attached hydrogens (tertiary/aromatic N) is 4. The van der Waals surface area contributed by atoms with Crippen molar-refractivity contribution in [1.29, 1.82) is 0 Å². The van der Waals surface area contributed by atoms with Crippen LogP contribution in [0.25, 0.3) is 11.4 Å². The molecule has 2 rings (SSSR count). The molecule has 0 aliphatic rings. The maximum Gasteiger partial charge on any atom is 0.471 e. The number of alkyl halides is 3. The summed E-state index contributed by atoms with van der Waals surface area (Å²) in [6.45, 7) is 1.86. The number of nitrogens with two attached hydrogens (primary N) is 1. The molecule has 2 N–H and O–H groups in total. The summed E-state index contributed by atoms with van der Waals surface area (Å²) in [4.78, 5) is 19.4. The number of hydrogen-bond donors (Lipinski definition) is 1. The Labute approximate surface area is 134 Å². The number of aromatic nitrogens is 3. The first-order chi connectivity index (χ1) is 11.2. The molecule has 0 spiro atoms. The summed E-state index contributed by atoms with van der Waals surface area (Å²) in [6.07, 6.45) is -1.71. The fourth-order valence-corrected chi connectivity index (χ4v) is 1.85. The average molecular weight is 341 g/mol. The monoisotopic (exact) mass is 341 g/mol. The second kappa shape index (κ2) is 6.69. The zero-order valence-electron chi connectivity index (χ0n) is 12.8. The van der Waals surface area contributed by atoms with Gasteiger partial charge in [-0.3, -0.25) is 9.79 Å². The highest BCUT2D eigenvalue weighted by Crippen LogP contribution is 2.28. The highest BCUT2D eigenvalue weighted by Gasteiger charge is 2.38. The van der Waals surface area contributed by atoms with E-state index in [1.54, 1.807) is 20.0 Å². The van der Waals surface area contributed by atoms with E-state index in [9.17, 15) is 18.0 Å². The maximum absolute atomic E-state index is 12.5. The van der Waals surface area contributed by atoms with Crippen LogP contribution in [0, 0.1) is 0 Å². The standard InChI is InChI=1S/C14H14F3N5O2/c1-8(18)5-10(19-2)7-22-4-3-9(6-11(22)23)12-20-13(24-21-12)14(15,16)17/h3-6H,7,18H2,1-2H3. The van der Waals surface area contributed by atoms with Gasteiger partial charge < -0.3 is 14.8 Å². The molecule has 0 fully saturated rings. The van der Waals surface area contributed by atoms with E-state index in [-0.39, 0.29) is 17.9 Å². The number of rotatable bonds is 4. The number of allylic oxidation sites excluding steroid dienone is 2. The predicted octanol–water partition coefficient (Wildman–Crippen LogP) is 1.85. The van der Waals surface area contributed by atoms with Crippen LogP contribution in [0.5, 0.6) is 0 Å². The molecule has 2 aromatic heterocycles. The number of halogens is 3. The predicted molar refractivity (Wildman–Crippen MR) is 80.3 cm³/mol. The molecule has 0 radical (unpaired) electrons. The van der Waals surface area contributed by atoms with E-state index in [1.807, 2.05) is 0 Å². The topological polar surface area (TPSA) is 99.3 Å². The fraction of sp³-hybridized carbons (Fsp3) is 0.286. The van der Waals surface area contributed by atoms with Gasteiger partial charge >= 0.3 is 12.1 Å². The Bertz CT molecular complexity index is 845. The molecule has 0 bridgehead atoms. The number of pyridine rings is 1. The molecule has 2 heterocycles. The van der Waals surface area contributed by atoms with Gasteiger partial charge in [-0.05, 0) is 19.1 Å². The second-order valence-electron chi connectivity index (χ2n) is 4.91. The zero-order valence-corrected chi connectivity index (χ0v) is 12.8. The van der Waals surface area contributed by atoms with Gasteiger partial charge in [0.05, 0.1) is 12.3 Å². The summed E-state index contributed by atoms with van der Waals surface area (Å²) in [5, 5.41) is 3.24. The summed E-state index contributed by atoms with van der Waals surface area (Å²) >= 11 is 0. The zero-order chi connectivity index (χ0) is 17.9. The Morgan fingerprint density at radius 3 is 2.71 bits per heavy atom. The Morgan fingerprint density at radius 2 is 2.21 bits per heavy atom. The molecule has 0 amide bonds. The van der Waals surface area contributed by atoms with Crippen LogP contribution in [0.2, 0.25) is 0 Å². The van der Waals surface area contributed by atoms with Crippen LogP contribution in [0.1, 0.15) is 12.8 Å². The third kappa shape index (κ3) is 4.09. The Hall–Kier alpha value is -2.91. The minimum Gasteiger partial charge on any atom is -0.402 e. The van der Waals surface area contributed by atoms with E-state index >= 15 is 0 Å². The summed E-state index contributed by atoms with van der Waals surface area (Å²) in [7, 11) is 1.56. The molecule has 10 heteroatoms. The van der Waals surface area contributed by atoms with Gasteiger partial charge in [0.2, 0.25) is 5.82 Å². The molecule has 0 saturated carbocycles. The van der Waals surface area contributed by atoms with E-state index < -0.39 is 17.6 Å². The van der Waals surface area contributed by atoms with Gasteiger partial charge in [0.15, 0.2) is 0 Å². The molecular weight excluding hydrogens is 327 g/mol. The van der Waals surface area contributed by atoms with Gasteiger partial charge in [0.25, 0.3) is 5.56 Å². The first-order valence-corrected chi connectivity index (χ1v) is 6.72. The van der Waals surface area contributed by atoms with Crippen molar-refractivity contribution in [3.05, 3.63) is 46.3 Å². The molecular formula is C14H14F3N5O2. The molecule has 0 unspecified atom stereocenters. The van der Waals surface area contributed by atoms with Gasteiger partial charge in [0, 0.05) is 30.6 Å². The molecule has 24 heavy (non-hydrogen) atoms. The van der Waals surface area contributed by atoms with Gasteiger partial charge in [-0.1, -0.05) is 5.16 Å². The summed E-state index contributed by atoms with van der Waals surface area (Å²) in [5.41, 5.74) is 6.35. The summed E-state index contributed by atoms with van der Waals surface area (Å²) in [5.74, 6) is -1.78. The van der Waals surface area contributed by atoms with E-state index in [0.29, 0.717) is 11.4 Å². The van der Waals surface area contributed by atoms with Crippen LogP contribution in [-0.4, -0.2) is 27.5 Å². The third-order valence-corrected chi connectivity index (χ3v) is 2.94. The SMILES string of the molecule is CN=C(C=C(C)N)Cn1ccc(-c2noc(C(F)(F)F)n2)cc1=O. The van der Waals surface area contributed by atoms with E-state index in [4.69, 9.17) is 5.73 Å². The van der Waals surface area contributed by atoms with Gasteiger partial charge in [-0.2, -0.15) is 18.2 Å². The molecule has 0 atom stereocenters. The van der Waals surface area contributed by atoms with Crippen LogP contribution in [0.15, 0.2) is 44.4 Å². The molecule has 0 aliphatic carbocycles. The minimum absolute atomic E-state index is 0.121. The quantitative estimate of drug-likeness (QED) is 0.856. The molecule has 0 aliphatic heterocycles. The van der Waals surface area contributed by atoms with Crippen molar-refractivity contribution in [2.24, 2.45) is 10.7 Å². The van der Waals surface area contributed by atoms with Crippen LogP contribution in [0.3, 0.4) is 0 Å². The van der Waals surface area contributed by atoms with E-state index in [0.717, 1.165) is 6.07 Å². The first kappa shape index (κ1) is 17.4. The van der Waals surface area contributed by atoms with Crippen LogP contribution in [-0.2, 0) is 12.7 Å². The van der Waals surface area contributed by atoms with Crippen molar-refractivity contribution < 1.29 is 17.7 Å². The molecule has 0 saturated heterocycles. The fourth-order valence-electron chi connectivity index (χ4n) is 1.85. The minimum atomic E-state index is -4.74. The lowest BCUT2D eigenvalue weighted by molar-refractivity contribution is -0.159. The van der Waals surface area contributed by atoms with Crippen LogP contribution >= 0.6 is 0 Å². The van der Waals surface area contributed by atoms with Gasteiger partial charge in [0.1, 0.15) is 0 Å². The lowest BCUT2D eigenvalue weighted by Gasteiger charge is -2.06. The average Bonchev–Trinajstić information content (AvgIpc) is 2.98. The summed E-state index contributed by atoms with van der Waals surface area (Å²) < 4.78 is 42.8. The third-order valence-electron chi connectivity index (χ3n) is 2.94. The number of aliphatic imine (C=N–C) groups is 1. The molecule has 128 valence electrons. The first-order valence-electron chi connectivity index (χ1n) is 6.72. The smallest absolute Gasteiger partial charge is 0.402 e. The normalized spacial score (nSPS) is 13.4. The lowest BCUT2D eigenvalue weighted by Crippen LogP contribution is -2.23. The van der Waals surface area contributed by atoms with Crippen molar-refractivity contribution >= 4 is 5.71 Å². The van der Waals surface area contributed by atoms with Crippen molar-refractivity contribution in [2.45, 2.75) is 19.6 Å². The van der Waals surface area contributed by atoms with Crippen molar-refractivity contribution in [2.75, 3.05) is 7.05 Å². The van der Waals surface area contributed by atoms with E-state index in [2.05, 4.69) is 19.7 Å². The molecule has 2 aromatic rings. The van der Waals surface area contributed by atoms with Crippen molar-refractivity contribution in [1.82, 2.24) is 14.7 Å². The van der Waals surface area contributed by atoms with Crippen molar-refractivity contribution in [3.8, 4) is 11.4 Å². The lowest BCUT2D eigenvalue weighted by atomic mass is 10.2. The van der Waals surface area contributed by atoms with Crippen LogP contribution in [0.4, 0.5) is 13.2 Å². The highest BCUT2D eigenvalue weighted by atomic mass is 19.4. The van der Waals surface area contributed by atoms with Gasteiger partial charge in [-0.15, -0.1) is 0 Å². The Balaban J connectivity index is 2.29. The highest BCUT2D eigenvalue weighted by molar-refractivity contribution is 5.95. The van der Waals surface area contributed by atoms with E-state index in [1.165, 1.54) is 16.8 Å². The molecule has 0 aromatic carbocycles. The Kier molecular flexibility index (Phi) is 4.86. The second-order valence-corrected chi connectivity index (χ2v) is 4.91. The number of hydrogen-bond acceptors (Lipinski definition) is 6. The van der Waals surface area contributed by atoms with Crippen molar-refractivity contribution in [3.63, 3.8) is 0 Å². The molecule has 7 nitrogen and oxygen atoms in total. The van der Waals surface area contributed by atoms with Crippen LogP contribution < -0.4 is 11.3 Å². The summed E-state index contributed by atoms with van der Waals surface area (Å²) in [6, 6.07) is 2.54. The maximum atomic E-state index is 12.5. The van der Waals surface area contributed by atoms with Gasteiger partial charge in [-0.25, -0.2) is 0 Å².